The second kappa shape index (κ2) is 12.8. The van der Waals surface area contributed by atoms with E-state index in [1.165, 1.54) is 33.3 Å². The standard InChI is InChI=1S/C28H28ClNO8/c1-35-18-12-11-17(23(15-18)37-3)16-30(24(31)13-14-25(32)33)26-19(7-5-9-21(26)29)27(34)20-8-6-10-22(36-2)28(20)38-4/h5-15,27,34H,16H2,1-4H3,(H,32,33)/b14-13+. The largest absolute Gasteiger partial charge is 0.497 e. The number of benzene rings is 3. The zero-order valence-corrected chi connectivity index (χ0v) is 22.1. The van der Waals surface area contributed by atoms with Gasteiger partial charge in [-0.2, -0.15) is 0 Å². The Morgan fingerprint density at radius 1 is 0.895 bits per heavy atom. The number of aliphatic hydroxyl groups excluding tert-OH is 1. The number of anilines is 1. The van der Waals surface area contributed by atoms with Gasteiger partial charge in [0, 0.05) is 34.9 Å². The summed E-state index contributed by atoms with van der Waals surface area (Å²) in [6.07, 6.45) is 0.369. The van der Waals surface area contributed by atoms with Gasteiger partial charge in [0.05, 0.1) is 45.7 Å². The van der Waals surface area contributed by atoms with Crippen molar-refractivity contribution in [1.82, 2.24) is 0 Å². The lowest BCUT2D eigenvalue weighted by Gasteiger charge is -2.28. The topological polar surface area (TPSA) is 115 Å². The second-order valence-corrected chi connectivity index (χ2v) is 8.34. The fourth-order valence-electron chi connectivity index (χ4n) is 3.98. The molecule has 0 aliphatic heterocycles. The molecule has 0 aromatic heterocycles. The van der Waals surface area contributed by atoms with Crippen molar-refractivity contribution in [2.45, 2.75) is 12.6 Å². The van der Waals surface area contributed by atoms with Gasteiger partial charge in [-0.15, -0.1) is 0 Å². The van der Waals surface area contributed by atoms with Gasteiger partial charge < -0.3 is 34.1 Å². The fraction of sp³-hybridized carbons (Fsp3) is 0.214. The first kappa shape index (κ1) is 28.4. The fourth-order valence-corrected chi connectivity index (χ4v) is 4.27. The maximum Gasteiger partial charge on any atom is 0.328 e. The number of amides is 1. The van der Waals surface area contributed by atoms with E-state index in [0.29, 0.717) is 34.1 Å². The molecule has 38 heavy (non-hydrogen) atoms. The zero-order chi connectivity index (χ0) is 27.8. The van der Waals surface area contributed by atoms with Gasteiger partial charge in [-0.1, -0.05) is 35.9 Å². The van der Waals surface area contributed by atoms with E-state index in [1.54, 1.807) is 54.6 Å². The molecule has 0 heterocycles. The lowest BCUT2D eigenvalue weighted by Crippen LogP contribution is -2.31. The Labute approximate surface area is 225 Å². The molecule has 3 aromatic carbocycles. The van der Waals surface area contributed by atoms with Crippen LogP contribution in [0, 0.1) is 0 Å². The molecule has 0 bridgehead atoms. The summed E-state index contributed by atoms with van der Waals surface area (Å²) in [6, 6.07) is 15.0. The van der Waals surface area contributed by atoms with Crippen molar-refractivity contribution in [2.24, 2.45) is 0 Å². The van der Waals surface area contributed by atoms with Crippen LogP contribution in [-0.2, 0) is 16.1 Å². The number of rotatable bonds is 11. The number of methoxy groups -OCH3 is 4. The number of carboxylic acids is 1. The average molecular weight is 542 g/mol. The molecule has 0 aliphatic rings. The van der Waals surface area contributed by atoms with E-state index in [4.69, 9.17) is 35.7 Å². The van der Waals surface area contributed by atoms with E-state index < -0.39 is 18.0 Å². The number of hydrogen-bond donors (Lipinski definition) is 2. The van der Waals surface area contributed by atoms with Crippen LogP contribution in [0.2, 0.25) is 5.02 Å². The summed E-state index contributed by atoms with van der Waals surface area (Å²) in [4.78, 5) is 25.8. The molecule has 3 aromatic rings. The zero-order valence-electron chi connectivity index (χ0n) is 21.3. The predicted octanol–water partition coefficient (Wildman–Crippen LogP) is 4.63. The Morgan fingerprint density at radius 2 is 1.58 bits per heavy atom. The number of nitrogens with zero attached hydrogens (tertiary/aromatic N) is 1. The number of carboxylic acid groups (broad SMARTS) is 1. The molecular formula is C28H28ClNO8. The van der Waals surface area contributed by atoms with Crippen LogP contribution < -0.4 is 23.8 Å². The minimum absolute atomic E-state index is 0.0609. The van der Waals surface area contributed by atoms with E-state index in [2.05, 4.69) is 0 Å². The van der Waals surface area contributed by atoms with E-state index in [1.807, 2.05) is 0 Å². The first-order chi connectivity index (χ1) is 18.2. The number of aliphatic carboxylic acids is 1. The quantitative estimate of drug-likeness (QED) is 0.338. The smallest absolute Gasteiger partial charge is 0.328 e. The first-order valence-electron chi connectivity index (χ1n) is 11.4. The third-order valence-electron chi connectivity index (χ3n) is 5.77. The summed E-state index contributed by atoms with van der Waals surface area (Å²) >= 11 is 6.63. The Hall–Kier alpha value is -4.21. The summed E-state index contributed by atoms with van der Waals surface area (Å²) in [7, 11) is 5.94. The highest BCUT2D eigenvalue weighted by molar-refractivity contribution is 6.34. The molecule has 0 spiro atoms. The molecule has 9 nitrogen and oxygen atoms in total. The van der Waals surface area contributed by atoms with Crippen molar-refractivity contribution in [3.8, 4) is 23.0 Å². The summed E-state index contributed by atoms with van der Waals surface area (Å²) in [5, 5.41) is 20.8. The van der Waals surface area contributed by atoms with E-state index in [-0.39, 0.29) is 22.8 Å². The minimum Gasteiger partial charge on any atom is -0.497 e. The minimum atomic E-state index is -1.29. The highest BCUT2D eigenvalue weighted by atomic mass is 35.5. The molecule has 0 saturated heterocycles. The molecule has 0 fully saturated rings. The van der Waals surface area contributed by atoms with Gasteiger partial charge in [-0.3, -0.25) is 4.79 Å². The predicted molar refractivity (Wildman–Crippen MR) is 143 cm³/mol. The van der Waals surface area contributed by atoms with Gasteiger partial charge in [-0.05, 0) is 24.3 Å². The van der Waals surface area contributed by atoms with Crippen LogP contribution in [0.25, 0.3) is 0 Å². The van der Waals surface area contributed by atoms with Crippen LogP contribution in [0.4, 0.5) is 5.69 Å². The van der Waals surface area contributed by atoms with Crippen LogP contribution >= 0.6 is 11.6 Å². The molecule has 1 atom stereocenters. The van der Waals surface area contributed by atoms with Crippen molar-refractivity contribution in [2.75, 3.05) is 33.3 Å². The number of ether oxygens (including phenoxy) is 4. The lowest BCUT2D eigenvalue weighted by atomic mass is 9.97. The summed E-state index contributed by atoms with van der Waals surface area (Å²) in [5.74, 6) is -0.256. The molecule has 0 aliphatic carbocycles. The molecule has 3 rings (SSSR count). The number of para-hydroxylation sites is 2. The van der Waals surface area contributed by atoms with Crippen molar-refractivity contribution in [3.63, 3.8) is 0 Å². The van der Waals surface area contributed by atoms with Crippen molar-refractivity contribution < 1.29 is 38.7 Å². The molecule has 0 radical (unpaired) electrons. The van der Waals surface area contributed by atoms with Gasteiger partial charge in [0.1, 0.15) is 17.6 Å². The van der Waals surface area contributed by atoms with Gasteiger partial charge in [0.2, 0.25) is 0 Å². The lowest BCUT2D eigenvalue weighted by molar-refractivity contribution is -0.131. The molecular weight excluding hydrogens is 514 g/mol. The van der Waals surface area contributed by atoms with Crippen LogP contribution in [-0.4, -0.2) is 50.5 Å². The van der Waals surface area contributed by atoms with Crippen LogP contribution in [0.1, 0.15) is 22.8 Å². The molecule has 10 heteroatoms. The summed E-state index contributed by atoms with van der Waals surface area (Å²) in [5.41, 5.74) is 1.44. The third kappa shape index (κ3) is 6.19. The summed E-state index contributed by atoms with van der Waals surface area (Å²) < 4.78 is 21.6. The molecule has 0 saturated carbocycles. The molecule has 1 amide bonds. The Morgan fingerprint density at radius 3 is 2.21 bits per heavy atom. The maximum atomic E-state index is 13.4. The van der Waals surface area contributed by atoms with E-state index >= 15 is 0 Å². The second-order valence-electron chi connectivity index (χ2n) is 7.94. The van der Waals surface area contributed by atoms with Gasteiger partial charge in [0.25, 0.3) is 5.91 Å². The molecule has 2 N–H and O–H groups in total. The number of halogens is 1. The van der Waals surface area contributed by atoms with Crippen molar-refractivity contribution >= 4 is 29.2 Å². The Kier molecular flexibility index (Phi) is 9.59. The highest BCUT2D eigenvalue weighted by Crippen LogP contribution is 2.42. The van der Waals surface area contributed by atoms with Crippen molar-refractivity contribution in [3.05, 3.63) is 88.5 Å². The number of carbonyl (C=O) groups is 2. The van der Waals surface area contributed by atoms with Crippen LogP contribution in [0.15, 0.2) is 66.7 Å². The van der Waals surface area contributed by atoms with Gasteiger partial charge in [0.15, 0.2) is 11.5 Å². The first-order valence-corrected chi connectivity index (χ1v) is 11.7. The summed E-state index contributed by atoms with van der Waals surface area (Å²) in [6.45, 7) is -0.0609. The SMILES string of the molecule is COc1ccc(CN(C(=O)/C=C/C(=O)O)c2c(Cl)cccc2C(O)c2cccc(OC)c2OC)c(OC)c1. The number of aliphatic hydroxyl groups is 1. The third-order valence-corrected chi connectivity index (χ3v) is 6.07. The van der Waals surface area contributed by atoms with Gasteiger partial charge in [-0.25, -0.2) is 4.79 Å². The van der Waals surface area contributed by atoms with Crippen LogP contribution in [0.5, 0.6) is 23.0 Å². The van der Waals surface area contributed by atoms with Gasteiger partial charge >= 0.3 is 5.97 Å². The molecule has 200 valence electrons. The van der Waals surface area contributed by atoms with E-state index in [0.717, 1.165) is 12.2 Å². The normalized spacial score (nSPS) is 11.6. The van der Waals surface area contributed by atoms with Crippen LogP contribution in [0.3, 0.4) is 0 Å². The van der Waals surface area contributed by atoms with E-state index in [9.17, 15) is 14.7 Å². The average Bonchev–Trinajstić information content (AvgIpc) is 2.93. The number of hydrogen-bond acceptors (Lipinski definition) is 7. The van der Waals surface area contributed by atoms with Crippen molar-refractivity contribution in [1.29, 1.82) is 0 Å². The number of carbonyl (C=O) groups excluding carboxylic acids is 1. The Balaban J connectivity index is 2.20. The molecule has 1 unspecified atom stereocenters. The highest BCUT2D eigenvalue weighted by Gasteiger charge is 2.28. The monoisotopic (exact) mass is 541 g/mol. The Bertz CT molecular complexity index is 1340. The maximum absolute atomic E-state index is 13.4.